The van der Waals surface area contributed by atoms with Crippen molar-refractivity contribution >= 4 is 5.91 Å². The van der Waals surface area contributed by atoms with Crippen molar-refractivity contribution in [3.8, 4) is 0 Å². The topological polar surface area (TPSA) is 355 Å². The van der Waals surface area contributed by atoms with Gasteiger partial charge in [0.15, 0.2) is 11.9 Å². The number of hydrogen-bond donors (Lipinski definition) is 15. The number of hydrogen-bond acceptors (Lipinski definition) is 18. The summed E-state index contributed by atoms with van der Waals surface area (Å²) >= 11 is 0. The number of aliphatic hydroxyl groups is 9. The van der Waals surface area contributed by atoms with Crippen LogP contribution >= 0.6 is 0 Å². The van der Waals surface area contributed by atoms with E-state index in [0.717, 1.165) is 0 Å². The fraction of sp³-hybridized carbons (Fsp3) is 0.960. The molecule has 0 aromatic heterocycles. The van der Waals surface area contributed by atoms with Crippen molar-refractivity contribution in [2.45, 2.75) is 116 Å². The molecule has 4 aliphatic rings. The molecule has 0 aromatic carbocycles. The van der Waals surface area contributed by atoms with Gasteiger partial charge in [-0.2, -0.15) is 0 Å². The van der Waals surface area contributed by atoms with Gasteiger partial charge in [0, 0.05) is 37.5 Å². The third-order valence-corrected chi connectivity index (χ3v) is 9.22. The van der Waals surface area contributed by atoms with Crippen molar-refractivity contribution < 1.29 is 65.0 Å². The first-order chi connectivity index (χ1) is 20.7. The third kappa shape index (κ3) is 7.04. The number of aliphatic hydroxyl groups excluding tert-OH is 8. The van der Waals surface area contributed by atoms with Crippen molar-refractivity contribution in [1.29, 1.82) is 0 Å². The molecular weight excluding hydrogens is 592 g/mol. The van der Waals surface area contributed by atoms with E-state index in [2.05, 4.69) is 10.6 Å². The minimum absolute atomic E-state index is 0.000575. The van der Waals surface area contributed by atoms with E-state index in [-0.39, 0.29) is 25.9 Å². The molecule has 4 unspecified atom stereocenters. The van der Waals surface area contributed by atoms with Gasteiger partial charge in [-0.25, -0.2) is 0 Å². The Morgan fingerprint density at radius 3 is 2.18 bits per heavy atom. The Morgan fingerprint density at radius 2 is 1.59 bits per heavy atom. The maximum absolute atomic E-state index is 12.9. The summed E-state index contributed by atoms with van der Waals surface area (Å²) in [5, 5.41) is 98.2. The molecule has 4 rings (SSSR count). The van der Waals surface area contributed by atoms with Gasteiger partial charge in [-0.1, -0.05) is 0 Å². The van der Waals surface area contributed by atoms with Crippen molar-refractivity contribution in [1.82, 2.24) is 10.6 Å². The van der Waals surface area contributed by atoms with Crippen LogP contribution in [0.15, 0.2) is 0 Å². The first-order valence-electron chi connectivity index (χ1n) is 14.7. The Kier molecular flexibility index (Phi) is 11.6. The Hall–Kier alpha value is -1.21. The summed E-state index contributed by atoms with van der Waals surface area (Å²) in [5.41, 5.74) is 22.5. The lowest BCUT2D eigenvalue weighted by Crippen LogP contribution is -2.72. The van der Waals surface area contributed by atoms with E-state index in [1.165, 1.54) is 0 Å². The molecule has 19 N–H and O–H groups in total. The van der Waals surface area contributed by atoms with Crippen LogP contribution in [0.2, 0.25) is 0 Å². The smallest absolute Gasteiger partial charge is 0.253 e. The van der Waals surface area contributed by atoms with Gasteiger partial charge in [0.2, 0.25) is 0 Å². The summed E-state index contributed by atoms with van der Waals surface area (Å²) in [5.74, 6) is -1.94. The summed E-state index contributed by atoms with van der Waals surface area (Å²) in [6.07, 6.45) is -15.5. The molecule has 0 spiro atoms. The molecule has 0 aromatic rings. The second kappa shape index (κ2) is 14.3. The quantitative estimate of drug-likeness (QED) is 0.0996. The minimum Gasteiger partial charge on any atom is -0.394 e. The van der Waals surface area contributed by atoms with E-state index in [1.54, 1.807) is 0 Å². The number of ether oxygens (including phenoxy) is 3. The molecule has 18 atom stereocenters. The van der Waals surface area contributed by atoms with E-state index in [9.17, 15) is 45.6 Å². The van der Waals surface area contributed by atoms with Crippen LogP contribution < -0.4 is 33.6 Å². The van der Waals surface area contributed by atoms with Crippen LogP contribution in [0.3, 0.4) is 0 Å². The first-order valence-corrected chi connectivity index (χ1v) is 14.7. The summed E-state index contributed by atoms with van der Waals surface area (Å²) in [6.45, 7) is -1.32. The van der Waals surface area contributed by atoms with Gasteiger partial charge in [0.1, 0.15) is 36.6 Å². The fourth-order valence-electron chi connectivity index (χ4n) is 6.25. The molecule has 2 saturated carbocycles. The Balaban J connectivity index is 1.58. The van der Waals surface area contributed by atoms with Crippen molar-refractivity contribution in [3.05, 3.63) is 0 Å². The molecule has 19 heteroatoms. The average molecular weight is 641 g/mol. The Bertz CT molecular complexity index is 974. The molecule has 1 amide bonds. The number of carbonyl (C=O) groups excluding carboxylic acids is 1. The van der Waals surface area contributed by atoms with Crippen LogP contribution in [0.4, 0.5) is 0 Å². The molecule has 2 saturated heterocycles. The lowest BCUT2D eigenvalue weighted by Gasteiger charge is -2.52. The summed E-state index contributed by atoms with van der Waals surface area (Å²) in [4.78, 5) is 12.9. The summed E-state index contributed by atoms with van der Waals surface area (Å²) in [6, 6.07) is -5.44. The van der Waals surface area contributed by atoms with E-state index >= 15 is 0 Å². The van der Waals surface area contributed by atoms with Gasteiger partial charge < -0.3 is 93.7 Å². The van der Waals surface area contributed by atoms with Gasteiger partial charge in [0.05, 0.1) is 55.8 Å². The SMILES string of the molecule is NC1CC1(O)C(=O)N[C@@H]1C[C@H](N)C([C@H]2O[C@H](CNCC(O)CO)[C@@H](O)[C@H](O)[C@H]2N)[C@H](O)[C@H]1O[C@H]1O[C@H](CO)[C@@H](O)[C@H](N)[C@H]1O. The zero-order chi connectivity index (χ0) is 32.7. The standard InChI is InChI=1S/C25H48N6O13/c26-8-1-9(31-24(40)25(41)2-12(25)27)21(44-23-20(39)14(28)16(35)11(6-33)43-23)18(37)13(8)22-15(29)19(38)17(36)10(42-22)4-30-3-7(34)5-32/h7-23,30,32-39,41H,1-6,26-29H2,(H,31,40)/t7?,8-,9+,10+,11+,12?,13?,14-,15+,16+,17+,18-,19+,20+,21-,22+,23+,25?/m0/s1. The first kappa shape index (κ1) is 35.6. The van der Waals surface area contributed by atoms with Gasteiger partial charge in [-0.15, -0.1) is 0 Å². The van der Waals surface area contributed by atoms with E-state index in [0.29, 0.717) is 0 Å². The molecule has 4 fully saturated rings. The van der Waals surface area contributed by atoms with Crippen LogP contribution in [0.25, 0.3) is 0 Å². The Morgan fingerprint density at radius 1 is 0.932 bits per heavy atom. The van der Waals surface area contributed by atoms with Crippen LogP contribution in [0.1, 0.15) is 12.8 Å². The van der Waals surface area contributed by atoms with Crippen molar-refractivity contribution in [3.63, 3.8) is 0 Å². The molecule has 256 valence electrons. The van der Waals surface area contributed by atoms with Crippen LogP contribution in [-0.4, -0.2) is 181 Å². The van der Waals surface area contributed by atoms with Gasteiger partial charge >= 0.3 is 0 Å². The number of nitrogens with two attached hydrogens (primary N) is 4. The van der Waals surface area contributed by atoms with Crippen LogP contribution in [0.5, 0.6) is 0 Å². The fourth-order valence-corrected chi connectivity index (χ4v) is 6.25. The minimum atomic E-state index is -1.84. The largest absolute Gasteiger partial charge is 0.394 e. The van der Waals surface area contributed by atoms with Crippen LogP contribution in [0, 0.1) is 5.92 Å². The monoisotopic (exact) mass is 640 g/mol. The second-order valence-corrected chi connectivity index (χ2v) is 12.4. The molecule has 19 nitrogen and oxygen atoms in total. The molecule has 0 radical (unpaired) electrons. The highest BCUT2D eigenvalue weighted by atomic mass is 16.7. The average Bonchev–Trinajstić information content (AvgIpc) is 3.62. The molecule has 44 heavy (non-hydrogen) atoms. The highest BCUT2D eigenvalue weighted by molar-refractivity contribution is 5.89. The maximum Gasteiger partial charge on any atom is 0.253 e. The highest BCUT2D eigenvalue weighted by Gasteiger charge is 2.60. The molecule has 0 bridgehead atoms. The Labute approximate surface area is 253 Å². The maximum atomic E-state index is 12.9. The van der Waals surface area contributed by atoms with E-state index < -0.39 is 128 Å². The summed E-state index contributed by atoms with van der Waals surface area (Å²) < 4.78 is 17.6. The molecule has 2 aliphatic carbocycles. The molecule has 2 heterocycles. The normalized spacial score (nSPS) is 50.2. The predicted molar refractivity (Wildman–Crippen MR) is 147 cm³/mol. The highest BCUT2D eigenvalue weighted by Crippen LogP contribution is 2.38. The second-order valence-electron chi connectivity index (χ2n) is 12.4. The lowest BCUT2D eigenvalue weighted by molar-refractivity contribution is -0.307. The van der Waals surface area contributed by atoms with Gasteiger partial charge in [-0.05, 0) is 6.42 Å². The third-order valence-electron chi connectivity index (χ3n) is 9.22. The number of rotatable bonds is 11. The zero-order valence-corrected chi connectivity index (χ0v) is 24.0. The van der Waals surface area contributed by atoms with Crippen molar-refractivity contribution in [2.24, 2.45) is 28.9 Å². The summed E-state index contributed by atoms with van der Waals surface area (Å²) in [7, 11) is 0. The number of carbonyl (C=O) groups is 1. The number of amides is 1. The predicted octanol–water partition coefficient (Wildman–Crippen LogP) is -9.45. The van der Waals surface area contributed by atoms with E-state index in [4.69, 9.17) is 42.3 Å². The van der Waals surface area contributed by atoms with Gasteiger partial charge in [0.25, 0.3) is 5.91 Å². The molecule has 2 aliphatic heterocycles. The van der Waals surface area contributed by atoms with Crippen LogP contribution in [-0.2, 0) is 19.0 Å². The lowest BCUT2D eigenvalue weighted by atomic mass is 9.71. The molecular formula is C25H48N6O13. The number of nitrogens with one attached hydrogen (secondary N) is 2. The van der Waals surface area contributed by atoms with Crippen molar-refractivity contribution in [2.75, 3.05) is 26.3 Å². The van der Waals surface area contributed by atoms with E-state index in [1.807, 2.05) is 0 Å². The van der Waals surface area contributed by atoms with Gasteiger partial charge in [-0.3, -0.25) is 4.79 Å². The zero-order valence-electron chi connectivity index (χ0n) is 24.0.